The van der Waals surface area contributed by atoms with Crippen molar-refractivity contribution in [2.45, 2.75) is 103 Å². The Morgan fingerprint density at radius 2 is 1.36 bits per heavy atom. The maximum absolute atomic E-state index is 11.5. The highest BCUT2D eigenvalue weighted by Gasteiger charge is 2.23. The van der Waals surface area contributed by atoms with E-state index in [4.69, 9.17) is 15.6 Å². The van der Waals surface area contributed by atoms with Crippen LogP contribution in [0.2, 0.25) is 0 Å². The van der Waals surface area contributed by atoms with Gasteiger partial charge in [0.1, 0.15) is 12.1 Å². The van der Waals surface area contributed by atoms with Crippen molar-refractivity contribution in [3.8, 4) is 0 Å². The van der Waals surface area contributed by atoms with E-state index in [9.17, 15) is 9.59 Å². The number of rotatable bonds is 16. The first-order chi connectivity index (χ1) is 12.0. The first-order valence-electron chi connectivity index (χ1n) is 9.92. The molecule has 6 heteroatoms. The fourth-order valence-electron chi connectivity index (χ4n) is 2.64. The monoisotopic (exact) mass is 358 g/mol. The van der Waals surface area contributed by atoms with Crippen LogP contribution in [0, 0.1) is 0 Å². The summed E-state index contributed by atoms with van der Waals surface area (Å²) in [5.74, 6) is -1.18. The van der Waals surface area contributed by atoms with Crippen LogP contribution in [0.3, 0.4) is 0 Å². The van der Waals surface area contributed by atoms with Crippen LogP contribution < -0.4 is 11.1 Å². The average molecular weight is 359 g/mol. The van der Waals surface area contributed by atoms with Gasteiger partial charge in [-0.1, -0.05) is 77.6 Å². The van der Waals surface area contributed by atoms with Crippen LogP contribution in [0.5, 0.6) is 0 Å². The maximum atomic E-state index is 11.5. The second kappa shape index (κ2) is 16.2. The molecule has 0 fully saturated rings. The lowest BCUT2D eigenvalue weighted by molar-refractivity contribution is -0.140. The van der Waals surface area contributed by atoms with E-state index in [-0.39, 0.29) is 0 Å². The summed E-state index contributed by atoms with van der Waals surface area (Å²) >= 11 is 0. The van der Waals surface area contributed by atoms with E-state index in [1.54, 1.807) is 0 Å². The smallest absolute Gasteiger partial charge is 0.407 e. The summed E-state index contributed by atoms with van der Waals surface area (Å²) in [6.45, 7) is 4.27. The van der Waals surface area contributed by atoms with Crippen molar-refractivity contribution in [1.29, 1.82) is 0 Å². The molecule has 0 aromatic heterocycles. The predicted molar refractivity (Wildman–Crippen MR) is 101 cm³/mol. The van der Waals surface area contributed by atoms with Crippen molar-refractivity contribution in [2.24, 2.45) is 5.73 Å². The van der Waals surface area contributed by atoms with E-state index < -0.39 is 24.2 Å². The largest absolute Gasteiger partial charge is 0.480 e. The lowest BCUT2D eigenvalue weighted by Gasteiger charge is -2.17. The molecule has 0 aliphatic carbocycles. The van der Waals surface area contributed by atoms with Crippen LogP contribution in [-0.2, 0) is 9.53 Å². The molecule has 0 aromatic rings. The van der Waals surface area contributed by atoms with Gasteiger partial charge in [-0.3, -0.25) is 4.79 Å². The number of carboxylic acids is 1. The van der Waals surface area contributed by atoms with Gasteiger partial charge in [-0.05, 0) is 13.3 Å². The molecule has 4 N–H and O–H groups in total. The first-order valence-corrected chi connectivity index (χ1v) is 9.92. The molecule has 0 rings (SSSR count). The average Bonchev–Trinajstić information content (AvgIpc) is 2.58. The molecule has 6 nitrogen and oxygen atoms in total. The minimum atomic E-state index is -1.20. The van der Waals surface area contributed by atoms with Crippen molar-refractivity contribution in [1.82, 2.24) is 5.32 Å². The van der Waals surface area contributed by atoms with Gasteiger partial charge >= 0.3 is 12.1 Å². The molecule has 1 amide bonds. The number of hydrogen-bond acceptors (Lipinski definition) is 4. The Morgan fingerprint density at radius 1 is 0.920 bits per heavy atom. The van der Waals surface area contributed by atoms with Crippen LogP contribution >= 0.6 is 0 Å². The van der Waals surface area contributed by atoms with Crippen molar-refractivity contribution < 1.29 is 19.4 Å². The Labute approximate surface area is 152 Å². The fourth-order valence-corrected chi connectivity index (χ4v) is 2.64. The number of amides is 1. The van der Waals surface area contributed by atoms with Gasteiger partial charge in [-0.2, -0.15) is 0 Å². The summed E-state index contributed by atoms with van der Waals surface area (Å²) in [4.78, 5) is 22.2. The third-order valence-electron chi connectivity index (χ3n) is 4.38. The Morgan fingerprint density at radius 3 is 1.80 bits per heavy atom. The van der Waals surface area contributed by atoms with Crippen molar-refractivity contribution in [3.05, 3.63) is 0 Å². The summed E-state index contributed by atoms with van der Waals surface area (Å²) in [5.41, 5.74) is 5.38. The number of carbonyl (C=O) groups is 2. The third-order valence-corrected chi connectivity index (χ3v) is 4.38. The molecular formula is C19H38N2O4. The predicted octanol–water partition coefficient (Wildman–Crippen LogP) is 4.21. The SMILES string of the molecule is CCCCCCCCCCCCCCNC(=O)OC(C)C(N)C(=O)O. The van der Waals surface area contributed by atoms with Crippen molar-refractivity contribution in [3.63, 3.8) is 0 Å². The second-order valence-corrected chi connectivity index (χ2v) is 6.79. The first kappa shape index (κ1) is 23.7. The zero-order valence-electron chi connectivity index (χ0n) is 16.1. The number of unbranched alkanes of at least 4 members (excludes halogenated alkanes) is 11. The van der Waals surface area contributed by atoms with Crippen LogP contribution in [0.1, 0.15) is 90.9 Å². The zero-order chi connectivity index (χ0) is 18.9. The zero-order valence-corrected chi connectivity index (χ0v) is 16.1. The Hall–Kier alpha value is -1.30. The highest BCUT2D eigenvalue weighted by molar-refractivity contribution is 5.75. The molecular weight excluding hydrogens is 320 g/mol. The van der Waals surface area contributed by atoms with Gasteiger partial charge in [0.25, 0.3) is 0 Å². The van der Waals surface area contributed by atoms with Gasteiger partial charge in [0.2, 0.25) is 0 Å². The molecule has 0 aromatic carbocycles. The summed E-state index contributed by atoms with van der Waals surface area (Å²) in [6.07, 6.45) is 13.8. The summed E-state index contributed by atoms with van der Waals surface area (Å²) in [5, 5.41) is 11.4. The van der Waals surface area contributed by atoms with E-state index in [1.165, 1.54) is 71.1 Å². The molecule has 2 atom stereocenters. The molecule has 0 saturated heterocycles. The minimum Gasteiger partial charge on any atom is -0.480 e. The van der Waals surface area contributed by atoms with E-state index in [2.05, 4.69) is 12.2 Å². The number of nitrogens with one attached hydrogen (secondary N) is 1. The molecule has 0 aliphatic heterocycles. The molecule has 148 valence electrons. The highest BCUT2D eigenvalue weighted by Crippen LogP contribution is 2.11. The van der Waals surface area contributed by atoms with Crippen LogP contribution in [0.25, 0.3) is 0 Å². The Balaban J connectivity index is 3.35. The van der Waals surface area contributed by atoms with Crippen LogP contribution in [0.15, 0.2) is 0 Å². The quantitative estimate of drug-likeness (QED) is 0.359. The normalized spacial score (nSPS) is 13.2. The van der Waals surface area contributed by atoms with E-state index >= 15 is 0 Å². The number of carbonyl (C=O) groups excluding carboxylic acids is 1. The molecule has 0 spiro atoms. The van der Waals surface area contributed by atoms with E-state index in [1.807, 2.05) is 0 Å². The number of hydrogen-bond donors (Lipinski definition) is 3. The minimum absolute atomic E-state index is 0.547. The number of ether oxygens (including phenoxy) is 1. The Bertz CT molecular complexity index is 350. The Kier molecular flexibility index (Phi) is 15.3. The molecule has 0 saturated carbocycles. The van der Waals surface area contributed by atoms with E-state index in [0.717, 1.165) is 12.8 Å². The van der Waals surface area contributed by atoms with Gasteiger partial charge < -0.3 is 20.9 Å². The van der Waals surface area contributed by atoms with Crippen LogP contribution in [0.4, 0.5) is 4.79 Å². The fraction of sp³-hybridized carbons (Fsp3) is 0.895. The van der Waals surface area contributed by atoms with Crippen LogP contribution in [-0.4, -0.2) is 35.9 Å². The number of alkyl carbamates (subject to hydrolysis) is 1. The van der Waals surface area contributed by atoms with E-state index in [0.29, 0.717) is 6.54 Å². The van der Waals surface area contributed by atoms with Gasteiger partial charge in [0, 0.05) is 6.54 Å². The van der Waals surface area contributed by atoms with Crippen molar-refractivity contribution >= 4 is 12.1 Å². The van der Waals surface area contributed by atoms with Crippen molar-refractivity contribution in [2.75, 3.05) is 6.54 Å². The number of aliphatic carboxylic acids is 1. The second-order valence-electron chi connectivity index (χ2n) is 6.79. The summed E-state index contributed by atoms with van der Waals surface area (Å²) in [7, 11) is 0. The molecule has 25 heavy (non-hydrogen) atoms. The maximum Gasteiger partial charge on any atom is 0.407 e. The summed E-state index contributed by atoms with van der Waals surface area (Å²) in [6, 6.07) is -1.20. The lowest BCUT2D eigenvalue weighted by atomic mass is 10.1. The lowest BCUT2D eigenvalue weighted by Crippen LogP contribution is -2.44. The highest BCUT2D eigenvalue weighted by atomic mass is 16.6. The molecule has 0 bridgehead atoms. The van der Waals surface area contributed by atoms with Gasteiger partial charge in [0.05, 0.1) is 0 Å². The van der Waals surface area contributed by atoms with Gasteiger partial charge in [0.15, 0.2) is 0 Å². The molecule has 0 heterocycles. The molecule has 0 aliphatic rings. The molecule has 2 unspecified atom stereocenters. The topological polar surface area (TPSA) is 102 Å². The standard InChI is InChI=1S/C19H38N2O4/c1-3-4-5-6-7-8-9-10-11-12-13-14-15-21-19(24)25-16(2)17(20)18(22)23/h16-17H,3-15,20H2,1-2H3,(H,21,24)(H,22,23). The number of nitrogens with two attached hydrogens (primary N) is 1. The van der Waals surface area contributed by atoms with Gasteiger partial charge in [-0.15, -0.1) is 0 Å². The number of carboxylic acid groups (broad SMARTS) is 1. The summed E-state index contributed by atoms with van der Waals surface area (Å²) < 4.78 is 4.92. The third kappa shape index (κ3) is 14.7. The molecule has 0 radical (unpaired) electrons. The van der Waals surface area contributed by atoms with Gasteiger partial charge in [-0.25, -0.2) is 4.79 Å².